The Bertz CT molecular complexity index is 2850. The number of fused-ring (bicyclic) bond motifs is 2. The number of nitrogens with two attached hydrogens (primary N) is 1. The number of nitrogens with zero attached hydrogens (tertiary/aromatic N) is 6. The number of nitrogen functional groups attached to an aromatic ring is 1. The van der Waals surface area contributed by atoms with Crippen molar-refractivity contribution in [1.82, 2.24) is 29.5 Å². The third kappa shape index (κ3) is 12.6. The molecule has 68 heavy (non-hydrogen) atoms. The molecule has 14 nitrogen and oxygen atoms in total. The van der Waals surface area contributed by atoms with Crippen LogP contribution in [0, 0.1) is 0 Å². The van der Waals surface area contributed by atoms with Gasteiger partial charge in [0, 0.05) is 60.9 Å². The summed E-state index contributed by atoms with van der Waals surface area (Å²) in [6, 6.07) is 11.1. The predicted octanol–water partition coefficient (Wildman–Crippen LogP) is 12.6. The number of halogens is 17. The van der Waals surface area contributed by atoms with Crippen LogP contribution in [0.1, 0.15) is 32.4 Å². The molecule has 0 radical (unpaired) electrons. The summed E-state index contributed by atoms with van der Waals surface area (Å²) >= 11 is 37.7. The Morgan fingerprint density at radius 2 is 1.04 bits per heavy atom. The highest BCUT2D eigenvalue weighted by Gasteiger charge is 2.45. The van der Waals surface area contributed by atoms with Gasteiger partial charge >= 0.3 is 24.9 Å². The highest BCUT2D eigenvalue weighted by molar-refractivity contribution is 6.68. The minimum absolute atomic E-state index is 0.0204. The molecular formula is C37H21Cl7F10N8O6. The Morgan fingerprint density at radius 3 is 1.38 bits per heavy atom. The molecule has 0 spiro atoms. The highest BCUT2D eigenvalue weighted by atomic mass is 35.5. The lowest BCUT2D eigenvalue weighted by atomic mass is 10.1. The van der Waals surface area contributed by atoms with Crippen molar-refractivity contribution < 1.29 is 72.4 Å². The van der Waals surface area contributed by atoms with Crippen LogP contribution < -0.4 is 30.0 Å². The molecule has 6 aromatic rings. The first-order chi connectivity index (χ1) is 31.5. The number of benzene rings is 2. The zero-order valence-electron chi connectivity index (χ0n) is 33.1. The average Bonchev–Trinajstić information content (AvgIpc) is 3.91. The number of anilines is 2. The number of alkyl halides is 12. The van der Waals surface area contributed by atoms with Gasteiger partial charge in [0.25, 0.3) is 11.1 Å². The maximum atomic E-state index is 13.2. The van der Waals surface area contributed by atoms with Crippen molar-refractivity contribution in [3.63, 3.8) is 0 Å². The molecular weight excluding hydrogens is 1090 g/mol. The van der Waals surface area contributed by atoms with Gasteiger partial charge in [-0.1, -0.05) is 46.4 Å². The molecule has 2 aromatic carbocycles. The summed E-state index contributed by atoms with van der Waals surface area (Å²) in [7, 11) is 2.29. The second-order valence-corrected chi connectivity index (χ2v) is 15.6. The molecule has 0 saturated heterocycles. The van der Waals surface area contributed by atoms with Crippen LogP contribution in [-0.4, -0.2) is 58.6 Å². The van der Waals surface area contributed by atoms with Gasteiger partial charge in [0.15, 0.2) is 34.4 Å². The van der Waals surface area contributed by atoms with Crippen LogP contribution >= 0.6 is 81.2 Å². The number of ether oxygens (including phenoxy) is 4. The summed E-state index contributed by atoms with van der Waals surface area (Å²) in [5.41, 5.74) is 3.62. The number of nitrogens with one attached hydrogen (secondary N) is 1. The molecule has 0 aliphatic carbocycles. The number of aromatic nitrogens is 6. The second-order valence-electron chi connectivity index (χ2n) is 12.9. The first-order valence-electron chi connectivity index (χ1n) is 17.6. The van der Waals surface area contributed by atoms with Crippen LogP contribution in [-0.2, 0) is 26.4 Å². The van der Waals surface area contributed by atoms with E-state index in [0.29, 0.717) is 37.4 Å². The number of amides is 1. The van der Waals surface area contributed by atoms with Crippen LogP contribution in [0.5, 0.6) is 23.0 Å². The molecule has 31 heteroatoms. The number of carbonyl (C=O) groups excluding carboxylic acids is 2. The zero-order valence-corrected chi connectivity index (χ0v) is 38.4. The lowest BCUT2D eigenvalue weighted by Crippen LogP contribution is -2.25. The van der Waals surface area contributed by atoms with Crippen molar-refractivity contribution in [3.8, 4) is 45.3 Å². The van der Waals surface area contributed by atoms with Gasteiger partial charge in [-0.05, 0) is 48.0 Å². The van der Waals surface area contributed by atoms with Gasteiger partial charge in [-0.15, -0.1) is 40.8 Å². The van der Waals surface area contributed by atoms with Crippen LogP contribution in [0.3, 0.4) is 0 Å². The first-order valence-corrected chi connectivity index (χ1v) is 20.5. The first kappa shape index (κ1) is 53.6. The number of carbonyl (C=O) groups is 2. The van der Waals surface area contributed by atoms with Crippen LogP contribution in [0.25, 0.3) is 22.3 Å². The van der Waals surface area contributed by atoms with E-state index in [-0.39, 0.29) is 44.2 Å². The Balaban J connectivity index is 0.000000203. The van der Waals surface area contributed by atoms with Crippen molar-refractivity contribution in [2.75, 3.05) is 16.4 Å². The van der Waals surface area contributed by atoms with E-state index >= 15 is 0 Å². The molecule has 0 atom stereocenters. The Kier molecular flexibility index (Phi) is 16.3. The van der Waals surface area contributed by atoms with Gasteiger partial charge in [0.2, 0.25) is 0 Å². The van der Waals surface area contributed by atoms with Gasteiger partial charge in [0.1, 0.15) is 33.1 Å². The quantitative estimate of drug-likeness (QED) is 0.0956. The summed E-state index contributed by atoms with van der Waals surface area (Å²) in [5, 5.41) is 6.42. The number of aryl methyl sites for hydroxylation is 2. The van der Waals surface area contributed by atoms with Gasteiger partial charge < -0.3 is 30.0 Å². The van der Waals surface area contributed by atoms with Crippen molar-refractivity contribution >= 4 is 104 Å². The third-order valence-corrected chi connectivity index (χ3v) is 9.83. The van der Waals surface area contributed by atoms with E-state index in [0.717, 1.165) is 20.2 Å². The topological polar surface area (TPSA) is 171 Å². The molecule has 0 fully saturated rings. The number of pyridine rings is 2. The SMILES string of the molecule is ClCCl.Cn1nc(C(F)(F)F)c(Cl)c1C(=O)Cl.Cn1nc(C(F)(F)F)c(Cl)c1C(=O)Nc1ccc(-c2cc3c(cc2Cl)OC(F)(F)O3)cn1.Nc1ccc(-c2cc3c(cc2Cl)OC(F)(F)O3)cn1. The molecule has 0 unspecified atom stereocenters. The van der Waals surface area contributed by atoms with E-state index < -0.39 is 68.9 Å². The molecule has 8 rings (SSSR count). The lowest BCUT2D eigenvalue weighted by molar-refractivity contribution is -0.287. The monoisotopic (exact) mass is 1110 g/mol. The van der Waals surface area contributed by atoms with Gasteiger partial charge in [-0.3, -0.25) is 19.0 Å². The number of rotatable bonds is 5. The summed E-state index contributed by atoms with van der Waals surface area (Å²) in [6.45, 7) is 0. The largest absolute Gasteiger partial charge is 0.586 e. The minimum Gasteiger partial charge on any atom is -0.395 e. The highest BCUT2D eigenvalue weighted by Crippen LogP contribution is 2.47. The fraction of sp³-hybridized carbons (Fsp3) is 0.189. The Hall–Kier alpha value is -5.37. The van der Waals surface area contributed by atoms with Crippen molar-refractivity contribution in [1.29, 1.82) is 0 Å². The standard InChI is InChI=1S/C18H9Cl2F5N4O3.C12H7ClF2N2O2.C6H3Cl2F3N2O.CH2Cl2/c1-29-14(13(20)15(28-29)17(21,22)23)16(30)27-12-3-2-7(6-26-12)8-4-10-11(5-9(8)19)32-18(24,25)31-10;13-8-4-10-9(18-12(14,15)19-10)3-7(8)6-1-2-11(16)17-5-6;1-13-3(5(8)14)2(7)4(12-13)6(9,10)11;2-1-3/h2-6H,1H3,(H,26,27,30);1-5H,(H2,16,17);1H3;1H2. The van der Waals surface area contributed by atoms with E-state index in [1.54, 1.807) is 12.1 Å². The number of hydrogen-bond acceptors (Lipinski definition) is 11. The molecule has 6 heterocycles. The molecule has 1 amide bonds. The van der Waals surface area contributed by atoms with Crippen molar-refractivity contribution in [3.05, 3.63) is 104 Å². The number of hydrogen-bond donors (Lipinski definition) is 2. The van der Waals surface area contributed by atoms with Crippen molar-refractivity contribution in [2.45, 2.75) is 24.9 Å². The second kappa shape index (κ2) is 20.7. The molecule has 2 aliphatic heterocycles. The zero-order chi connectivity index (χ0) is 50.8. The van der Waals surface area contributed by atoms with Crippen LogP contribution in [0.4, 0.5) is 55.5 Å². The normalized spacial score (nSPS) is 13.9. The fourth-order valence-corrected chi connectivity index (χ4v) is 7.07. The minimum atomic E-state index is -4.83. The van der Waals surface area contributed by atoms with E-state index in [4.69, 9.17) is 86.9 Å². The summed E-state index contributed by atoms with van der Waals surface area (Å²) in [5.74, 6) is -1.25. The van der Waals surface area contributed by atoms with E-state index in [1.165, 1.54) is 42.7 Å². The molecule has 364 valence electrons. The molecule has 0 saturated carbocycles. The molecule has 0 bridgehead atoms. The third-order valence-electron chi connectivity index (χ3n) is 8.31. The summed E-state index contributed by atoms with van der Waals surface area (Å²) < 4.78 is 146. The average molecular weight is 1110 g/mol. The molecule has 3 N–H and O–H groups in total. The maximum absolute atomic E-state index is 13.2. The Morgan fingerprint density at radius 1 is 0.662 bits per heavy atom. The summed E-state index contributed by atoms with van der Waals surface area (Å²) in [6.07, 6.45) is -14.2. The predicted molar refractivity (Wildman–Crippen MR) is 227 cm³/mol. The van der Waals surface area contributed by atoms with Gasteiger partial charge in [-0.25, -0.2) is 9.97 Å². The van der Waals surface area contributed by atoms with E-state index in [2.05, 4.69) is 44.4 Å². The van der Waals surface area contributed by atoms with E-state index in [9.17, 15) is 53.5 Å². The molecule has 2 aliphatic rings. The van der Waals surface area contributed by atoms with Crippen LogP contribution in [0.2, 0.25) is 20.1 Å². The maximum Gasteiger partial charge on any atom is 0.586 e. The van der Waals surface area contributed by atoms with Crippen LogP contribution in [0.15, 0.2) is 60.9 Å². The fourth-order valence-electron chi connectivity index (χ4n) is 5.57. The van der Waals surface area contributed by atoms with Gasteiger partial charge in [-0.2, -0.15) is 36.5 Å². The molecule has 4 aromatic heterocycles. The Labute approximate surface area is 408 Å². The lowest BCUT2D eigenvalue weighted by Gasteiger charge is -2.08. The van der Waals surface area contributed by atoms with Gasteiger partial charge in [0.05, 0.1) is 15.4 Å². The van der Waals surface area contributed by atoms with Crippen molar-refractivity contribution in [2.24, 2.45) is 14.1 Å². The smallest absolute Gasteiger partial charge is 0.395 e. The van der Waals surface area contributed by atoms with E-state index in [1.807, 2.05) is 0 Å². The summed E-state index contributed by atoms with van der Waals surface area (Å²) in [4.78, 5) is 31.0.